The lowest BCUT2D eigenvalue weighted by Crippen LogP contribution is -2.31. The number of fused-ring (bicyclic) bond motifs is 1. The molecule has 1 aliphatic heterocycles. The molecule has 19 heavy (non-hydrogen) atoms. The first kappa shape index (κ1) is 12.4. The van der Waals surface area contributed by atoms with E-state index >= 15 is 0 Å². The minimum Gasteiger partial charge on any atom is -0.381 e. The number of aromatic nitrogens is 2. The van der Waals surface area contributed by atoms with Crippen LogP contribution in [0.1, 0.15) is 19.8 Å². The molecule has 1 atom stereocenters. The summed E-state index contributed by atoms with van der Waals surface area (Å²) in [4.78, 5) is 8.68. The summed E-state index contributed by atoms with van der Waals surface area (Å²) >= 11 is 0. The monoisotopic (exact) mass is 257 g/mol. The summed E-state index contributed by atoms with van der Waals surface area (Å²) in [6.07, 6.45) is 3.87. The van der Waals surface area contributed by atoms with E-state index in [4.69, 9.17) is 4.74 Å². The predicted octanol–water partition coefficient (Wildman–Crippen LogP) is 2.86. The highest BCUT2D eigenvalue weighted by Crippen LogP contribution is 2.24. The highest BCUT2D eigenvalue weighted by Gasteiger charge is 2.21. The van der Waals surface area contributed by atoms with Gasteiger partial charge in [-0.1, -0.05) is 12.1 Å². The van der Waals surface area contributed by atoms with E-state index in [2.05, 4.69) is 28.3 Å². The second-order valence-corrected chi connectivity index (χ2v) is 5.12. The van der Waals surface area contributed by atoms with Crippen LogP contribution in [0, 0.1) is 5.92 Å². The van der Waals surface area contributed by atoms with Crippen LogP contribution in [-0.4, -0.2) is 29.2 Å². The Hall–Kier alpha value is -1.68. The first-order valence-electron chi connectivity index (χ1n) is 6.88. The third kappa shape index (κ3) is 2.68. The van der Waals surface area contributed by atoms with Crippen LogP contribution in [0.25, 0.3) is 10.9 Å². The Labute approximate surface area is 113 Å². The van der Waals surface area contributed by atoms with Crippen LogP contribution >= 0.6 is 0 Å². The van der Waals surface area contributed by atoms with Crippen molar-refractivity contribution in [1.82, 2.24) is 9.97 Å². The lowest BCUT2D eigenvalue weighted by molar-refractivity contribution is 0.0622. The average molecular weight is 257 g/mol. The number of nitrogens with zero attached hydrogens (tertiary/aromatic N) is 2. The SMILES string of the molecule is CC(Nc1ncnc2ccccc12)C1CCOCC1. The zero-order chi connectivity index (χ0) is 13.1. The number of para-hydroxylation sites is 1. The molecule has 0 saturated carbocycles. The van der Waals surface area contributed by atoms with Crippen LogP contribution in [0.4, 0.5) is 5.82 Å². The van der Waals surface area contributed by atoms with Crippen molar-refractivity contribution < 1.29 is 4.74 Å². The Morgan fingerprint density at radius 2 is 2.00 bits per heavy atom. The highest BCUT2D eigenvalue weighted by molar-refractivity contribution is 5.88. The van der Waals surface area contributed by atoms with Gasteiger partial charge in [0.05, 0.1) is 5.52 Å². The third-order valence-corrected chi connectivity index (χ3v) is 3.88. The van der Waals surface area contributed by atoms with Gasteiger partial charge in [-0.15, -0.1) is 0 Å². The van der Waals surface area contributed by atoms with E-state index in [-0.39, 0.29) is 0 Å². The number of benzene rings is 1. The summed E-state index contributed by atoms with van der Waals surface area (Å²) in [7, 11) is 0. The fourth-order valence-corrected chi connectivity index (χ4v) is 2.67. The maximum atomic E-state index is 5.42. The Kier molecular flexibility index (Phi) is 3.60. The minimum atomic E-state index is 0.405. The van der Waals surface area contributed by atoms with E-state index < -0.39 is 0 Å². The van der Waals surface area contributed by atoms with Crippen molar-refractivity contribution in [3.8, 4) is 0 Å². The number of ether oxygens (including phenoxy) is 1. The van der Waals surface area contributed by atoms with Gasteiger partial charge in [0, 0.05) is 24.6 Å². The van der Waals surface area contributed by atoms with Crippen molar-refractivity contribution in [1.29, 1.82) is 0 Å². The molecule has 1 aromatic heterocycles. The number of hydrogen-bond donors (Lipinski definition) is 1. The number of nitrogens with one attached hydrogen (secondary N) is 1. The Morgan fingerprint density at radius 1 is 1.21 bits per heavy atom. The Balaban J connectivity index is 1.80. The molecule has 0 amide bonds. The van der Waals surface area contributed by atoms with Gasteiger partial charge in [-0.25, -0.2) is 9.97 Å². The largest absolute Gasteiger partial charge is 0.381 e. The Morgan fingerprint density at radius 3 is 2.84 bits per heavy atom. The zero-order valence-electron chi connectivity index (χ0n) is 11.2. The van der Waals surface area contributed by atoms with E-state index in [1.807, 2.05) is 18.2 Å². The van der Waals surface area contributed by atoms with E-state index in [0.717, 1.165) is 42.8 Å². The second-order valence-electron chi connectivity index (χ2n) is 5.12. The second kappa shape index (κ2) is 5.53. The van der Waals surface area contributed by atoms with Gasteiger partial charge in [0.1, 0.15) is 12.1 Å². The topological polar surface area (TPSA) is 47.0 Å². The molecule has 0 radical (unpaired) electrons. The molecule has 0 spiro atoms. The number of hydrogen-bond acceptors (Lipinski definition) is 4. The van der Waals surface area contributed by atoms with Crippen LogP contribution in [0.2, 0.25) is 0 Å². The quantitative estimate of drug-likeness (QED) is 0.918. The van der Waals surface area contributed by atoms with Crippen molar-refractivity contribution in [2.24, 2.45) is 5.92 Å². The maximum absolute atomic E-state index is 5.42. The van der Waals surface area contributed by atoms with Gasteiger partial charge in [-0.2, -0.15) is 0 Å². The summed E-state index contributed by atoms with van der Waals surface area (Å²) in [6.45, 7) is 3.98. The molecule has 2 heterocycles. The fraction of sp³-hybridized carbons (Fsp3) is 0.467. The van der Waals surface area contributed by atoms with E-state index in [1.165, 1.54) is 0 Å². The normalized spacial score (nSPS) is 18.4. The summed E-state index contributed by atoms with van der Waals surface area (Å²) in [6, 6.07) is 8.51. The molecule has 100 valence electrons. The standard InChI is InChI=1S/C15H19N3O/c1-11(12-6-8-19-9-7-12)18-15-13-4-2-3-5-14(13)16-10-17-15/h2-5,10-12H,6-9H2,1H3,(H,16,17,18). The predicted molar refractivity (Wildman–Crippen MR) is 76.2 cm³/mol. The van der Waals surface area contributed by atoms with Crippen molar-refractivity contribution >= 4 is 16.7 Å². The van der Waals surface area contributed by atoms with Gasteiger partial charge in [-0.3, -0.25) is 0 Å². The molecule has 2 aromatic rings. The van der Waals surface area contributed by atoms with E-state index in [0.29, 0.717) is 12.0 Å². The van der Waals surface area contributed by atoms with Crippen molar-refractivity contribution in [2.45, 2.75) is 25.8 Å². The summed E-state index contributed by atoms with van der Waals surface area (Å²) < 4.78 is 5.42. The summed E-state index contributed by atoms with van der Waals surface area (Å²) in [5.41, 5.74) is 0.985. The van der Waals surface area contributed by atoms with Crippen LogP contribution in [0.3, 0.4) is 0 Å². The molecule has 0 bridgehead atoms. The van der Waals surface area contributed by atoms with E-state index in [1.54, 1.807) is 6.33 Å². The van der Waals surface area contributed by atoms with Gasteiger partial charge in [0.2, 0.25) is 0 Å². The first-order chi connectivity index (χ1) is 9.34. The fourth-order valence-electron chi connectivity index (χ4n) is 2.67. The van der Waals surface area contributed by atoms with Crippen LogP contribution in [0.15, 0.2) is 30.6 Å². The van der Waals surface area contributed by atoms with Gasteiger partial charge >= 0.3 is 0 Å². The Bertz CT molecular complexity index is 547. The van der Waals surface area contributed by atoms with Crippen LogP contribution < -0.4 is 5.32 Å². The van der Waals surface area contributed by atoms with Crippen LogP contribution in [-0.2, 0) is 4.74 Å². The summed E-state index contributed by atoms with van der Waals surface area (Å²) in [5, 5.41) is 4.63. The van der Waals surface area contributed by atoms with Gasteiger partial charge < -0.3 is 10.1 Å². The third-order valence-electron chi connectivity index (χ3n) is 3.88. The first-order valence-corrected chi connectivity index (χ1v) is 6.88. The highest BCUT2D eigenvalue weighted by atomic mass is 16.5. The molecule has 1 aromatic carbocycles. The average Bonchev–Trinajstić information content (AvgIpc) is 2.48. The minimum absolute atomic E-state index is 0.405. The molecule has 1 fully saturated rings. The van der Waals surface area contributed by atoms with Gasteiger partial charge in [0.25, 0.3) is 0 Å². The van der Waals surface area contributed by atoms with Crippen LogP contribution in [0.5, 0.6) is 0 Å². The van der Waals surface area contributed by atoms with Gasteiger partial charge in [0.15, 0.2) is 0 Å². The molecule has 4 nitrogen and oxygen atoms in total. The van der Waals surface area contributed by atoms with Crippen molar-refractivity contribution in [2.75, 3.05) is 18.5 Å². The zero-order valence-corrected chi connectivity index (χ0v) is 11.2. The molecular weight excluding hydrogens is 238 g/mol. The smallest absolute Gasteiger partial charge is 0.137 e. The molecule has 1 N–H and O–H groups in total. The molecule has 3 rings (SSSR count). The number of anilines is 1. The molecular formula is C15H19N3O. The summed E-state index contributed by atoms with van der Waals surface area (Å²) in [5.74, 6) is 1.59. The maximum Gasteiger partial charge on any atom is 0.137 e. The van der Waals surface area contributed by atoms with Crippen molar-refractivity contribution in [3.63, 3.8) is 0 Å². The molecule has 1 aliphatic rings. The molecule has 1 unspecified atom stereocenters. The lowest BCUT2D eigenvalue weighted by Gasteiger charge is -2.28. The van der Waals surface area contributed by atoms with E-state index in [9.17, 15) is 0 Å². The lowest BCUT2D eigenvalue weighted by atomic mass is 9.93. The van der Waals surface area contributed by atoms with Crippen molar-refractivity contribution in [3.05, 3.63) is 30.6 Å². The molecule has 1 saturated heterocycles. The molecule has 4 heteroatoms. The molecule has 0 aliphatic carbocycles. The number of rotatable bonds is 3. The van der Waals surface area contributed by atoms with Gasteiger partial charge in [-0.05, 0) is 37.8 Å².